The van der Waals surface area contributed by atoms with Crippen LogP contribution in [0.3, 0.4) is 0 Å². The van der Waals surface area contributed by atoms with Crippen molar-refractivity contribution in [3.63, 3.8) is 0 Å². The zero-order valence-corrected chi connectivity index (χ0v) is 15.3. The van der Waals surface area contributed by atoms with E-state index in [9.17, 15) is 4.79 Å². The lowest BCUT2D eigenvalue weighted by Gasteiger charge is -2.11. The number of hydrogen-bond donors (Lipinski definition) is 1. The molecule has 1 aromatic carbocycles. The van der Waals surface area contributed by atoms with Gasteiger partial charge in [0.2, 0.25) is 5.88 Å². The fourth-order valence-electron chi connectivity index (χ4n) is 2.99. The molecule has 1 aliphatic rings. The van der Waals surface area contributed by atoms with E-state index in [1.165, 1.54) is 11.3 Å². The minimum absolute atomic E-state index is 0.00747. The van der Waals surface area contributed by atoms with Crippen LogP contribution in [0.2, 0.25) is 4.34 Å². The SMILES string of the molecule is O=C(O)Cc1ccc(Oc2nc(-c3ccc(Cl)s3)nc3c2CCC3)cc1. The number of benzene rings is 1. The number of ether oxygens (including phenoxy) is 1. The van der Waals surface area contributed by atoms with E-state index in [2.05, 4.69) is 9.97 Å². The van der Waals surface area contributed by atoms with E-state index in [0.29, 0.717) is 21.8 Å². The van der Waals surface area contributed by atoms with Crippen molar-refractivity contribution in [3.8, 4) is 22.3 Å². The van der Waals surface area contributed by atoms with Gasteiger partial charge >= 0.3 is 5.97 Å². The van der Waals surface area contributed by atoms with Crippen LogP contribution >= 0.6 is 22.9 Å². The molecule has 26 heavy (non-hydrogen) atoms. The molecule has 0 bridgehead atoms. The molecule has 132 valence electrons. The van der Waals surface area contributed by atoms with Crippen molar-refractivity contribution in [2.45, 2.75) is 25.7 Å². The largest absolute Gasteiger partial charge is 0.481 e. The highest BCUT2D eigenvalue weighted by atomic mass is 35.5. The third-order valence-corrected chi connectivity index (χ3v) is 5.41. The van der Waals surface area contributed by atoms with E-state index in [-0.39, 0.29) is 6.42 Å². The average molecular weight is 387 g/mol. The first kappa shape index (κ1) is 17.0. The number of rotatable bonds is 5. The van der Waals surface area contributed by atoms with Crippen LogP contribution in [-0.4, -0.2) is 21.0 Å². The van der Waals surface area contributed by atoms with Gasteiger partial charge in [-0.15, -0.1) is 11.3 Å². The summed E-state index contributed by atoms with van der Waals surface area (Å²) >= 11 is 7.48. The van der Waals surface area contributed by atoms with Gasteiger partial charge in [-0.3, -0.25) is 4.79 Å². The summed E-state index contributed by atoms with van der Waals surface area (Å²) in [4.78, 5) is 21.0. The summed E-state index contributed by atoms with van der Waals surface area (Å²) in [6, 6.07) is 10.8. The van der Waals surface area contributed by atoms with Crippen LogP contribution in [0.25, 0.3) is 10.7 Å². The van der Waals surface area contributed by atoms with E-state index in [1.807, 2.05) is 12.1 Å². The summed E-state index contributed by atoms with van der Waals surface area (Å²) in [6.45, 7) is 0. The van der Waals surface area contributed by atoms with E-state index in [4.69, 9.17) is 21.4 Å². The Balaban J connectivity index is 1.65. The van der Waals surface area contributed by atoms with Crippen molar-refractivity contribution in [2.24, 2.45) is 0 Å². The molecule has 4 rings (SSSR count). The second-order valence-electron chi connectivity index (χ2n) is 6.05. The van der Waals surface area contributed by atoms with Crippen molar-refractivity contribution in [1.29, 1.82) is 0 Å². The maximum atomic E-state index is 10.8. The van der Waals surface area contributed by atoms with Crippen molar-refractivity contribution < 1.29 is 14.6 Å². The van der Waals surface area contributed by atoms with Crippen molar-refractivity contribution >= 4 is 28.9 Å². The van der Waals surface area contributed by atoms with Crippen LogP contribution in [0.1, 0.15) is 23.2 Å². The maximum absolute atomic E-state index is 10.8. The third kappa shape index (κ3) is 3.57. The molecular weight excluding hydrogens is 372 g/mol. The number of aliphatic carboxylic acids is 1. The lowest BCUT2D eigenvalue weighted by Crippen LogP contribution is -2.01. The Morgan fingerprint density at radius 2 is 1.96 bits per heavy atom. The Labute approximate surface area is 159 Å². The number of fused-ring (bicyclic) bond motifs is 1. The highest BCUT2D eigenvalue weighted by Crippen LogP contribution is 2.36. The smallest absolute Gasteiger partial charge is 0.307 e. The second kappa shape index (κ2) is 7.05. The molecule has 0 amide bonds. The van der Waals surface area contributed by atoms with E-state index in [1.54, 1.807) is 24.3 Å². The molecular formula is C19H15ClN2O3S. The third-order valence-electron chi connectivity index (χ3n) is 4.18. The predicted molar refractivity (Wildman–Crippen MR) is 100 cm³/mol. The number of hydrogen-bond acceptors (Lipinski definition) is 5. The summed E-state index contributed by atoms with van der Waals surface area (Å²) in [6.07, 6.45) is 2.84. The zero-order valence-electron chi connectivity index (χ0n) is 13.7. The quantitative estimate of drug-likeness (QED) is 0.684. The Bertz CT molecular complexity index is 969. The van der Waals surface area contributed by atoms with Crippen molar-refractivity contribution in [3.05, 3.63) is 57.6 Å². The molecule has 0 fully saturated rings. The lowest BCUT2D eigenvalue weighted by atomic mass is 10.1. The van der Waals surface area contributed by atoms with Crippen LogP contribution < -0.4 is 4.74 Å². The normalized spacial score (nSPS) is 12.8. The summed E-state index contributed by atoms with van der Waals surface area (Å²) in [5.74, 6) is 0.965. The molecule has 0 aliphatic heterocycles. The van der Waals surface area contributed by atoms with Crippen molar-refractivity contribution in [2.75, 3.05) is 0 Å². The summed E-state index contributed by atoms with van der Waals surface area (Å²) < 4.78 is 6.72. The first-order valence-electron chi connectivity index (χ1n) is 8.22. The highest BCUT2D eigenvalue weighted by Gasteiger charge is 2.22. The maximum Gasteiger partial charge on any atom is 0.307 e. The van der Waals surface area contributed by atoms with Crippen LogP contribution in [0.15, 0.2) is 36.4 Å². The number of halogens is 1. The fourth-order valence-corrected chi connectivity index (χ4v) is 3.97. The summed E-state index contributed by atoms with van der Waals surface area (Å²) in [5, 5.41) is 8.86. The van der Waals surface area contributed by atoms with Gasteiger partial charge in [0.1, 0.15) is 5.75 Å². The van der Waals surface area contributed by atoms with Gasteiger partial charge in [0, 0.05) is 5.56 Å². The van der Waals surface area contributed by atoms with E-state index >= 15 is 0 Å². The average Bonchev–Trinajstić information content (AvgIpc) is 3.25. The minimum Gasteiger partial charge on any atom is -0.481 e. The van der Waals surface area contributed by atoms with Gasteiger partial charge in [-0.05, 0) is 49.1 Å². The number of carboxylic acid groups (broad SMARTS) is 1. The number of thiophene rings is 1. The number of nitrogens with zero attached hydrogens (tertiary/aromatic N) is 2. The molecule has 0 atom stereocenters. The minimum atomic E-state index is -0.855. The van der Waals surface area contributed by atoms with Gasteiger partial charge in [0.15, 0.2) is 5.82 Å². The van der Waals surface area contributed by atoms with Gasteiger partial charge in [-0.25, -0.2) is 4.98 Å². The number of carboxylic acids is 1. The number of carbonyl (C=O) groups is 1. The summed E-state index contributed by atoms with van der Waals surface area (Å²) in [5.41, 5.74) is 2.80. The molecule has 1 aliphatic carbocycles. The first-order valence-corrected chi connectivity index (χ1v) is 9.42. The van der Waals surface area contributed by atoms with Crippen LogP contribution in [0.4, 0.5) is 0 Å². The molecule has 3 aromatic rings. The highest BCUT2D eigenvalue weighted by molar-refractivity contribution is 7.19. The van der Waals surface area contributed by atoms with Gasteiger partial charge in [0.25, 0.3) is 0 Å². The monoisotopic (exact) mass is 386 g/mol. The van der Waals surface area contributed by atoms with Gasteiger partial charge in [0.05, 0.1) is 21.3 Å². The molecule has 5 nitrogen and oxygen atoms in total. The van der Waals surface area contributed by atoms with Crippen LogP contribution in [-0.2, 0) is 24.1 Å². The summed E-state index contributed by atoms with van der Waals surface area (Å²) in [7, 11) is 0. The van der Waals surface area contributed by atoms with E-state index in [0.717, 1.165) is 41.0 Å². The Kier molecular flexibility index (Phi) is 4.61. The fraction of sp³-hybridized carbons (Fsp3) is 0.211. The number of aromatic nitrogens is 2. The Morgan fingerprint density at radius 3 is 2.65 bits per heavy atom. The molecule has 0 saturated heterocycles. The molecule has 0 unspecified atom stereocenters. The topological polar surface area (TPSA) is 72.3 Å². The standard InChI is InChI=1S/C19H15ClN2O3S/c20-16-9-8-15(26-16)18-21-14-3-1-2-13(14)19(22-18)25-12-6-4-11(5-7-12)10-17(23)24/h4-9H,1-3,10H2,(H,23,24). The van der Waals surface area contributed by atoms with Gasteiger partial charge < -0.3 is 9.84 Å². The molecule has 1 N–H and O–H groups in total. The molecule has 0 saturated carbocycles. The molecule has 0 spiro atoms. The Hall–Kier alpha value is -2.44. The lowest BCUT2D eigenvalue weighted by molar-refractivity contribution is -0.136. The molecule has 7 heteroatoms. The van der Waals surface area contributed by atoms with Gasteiger partial charge in [-0.2, -0.15) is 4.98 Å². The molecule has 2 aromatic heterocycles. The molecule has 2 heterocycles. The van der Waals surface area contributed by atoms with E-state index < -0.39 is 5.97 Å². The first-order chi connectivity index (χ1) is 12.6. The molecule has 0 radical (unpaired) electrons. The Morgan fingerprint density at radius 1 is 1.15 bits per heavy atom. The second-order valence-corrected chi connectivity index (χ2v) is 7.77. The zero-order chi connectivity index (χ0) is 18.1. The van der Waals surface area contributed by atoms with Gasteiger partial charge in [-0.1, -0.05) is 23.7 Å². The number of aryl methyl sites for hydroxylation is 1. The van der Waals surface area contributed by atoms with Crippen LogP contribution in [0.5, 0.6) is 11.6 Å². The predicted octanol–water partition coefficient (Wildman–Crippen LogP) is 4.77. The van der Waals surface area contributed by atoms with Crippen LogP contribution in [0, 0.1) is 0 Å². The van der Waals surface area contributed by atoms with Crippen molar-refractivity contribution in [1.82, 2.24) is 9.97 Å².